The van der Waals surface area contributed by atoms with E-state index < -0.39 is 0 Å². The van der Waals surface area contributed by atoms with Crippen molar-refractivity contribution in [3.63, 3.8) is 0 Å². The molecule has 1 rings (SSSR count). The van der Waals surface area contributed by atoms with E-state index in [1.807, 2.05) is 0 Å². The van der Waals surface area contributed by atoms with E-state index in [0.717, 1.165) is 25.3 Å². The van der Waals surface area contributed by atoms with Crippen LogP contribution in [0.4, 0.5) is 0 Å². The molecule has 0 amide bonds. The first-order chi connectivity index (χ1) is 8.38. The van der Waals surface area contributed by atoms with Crippen LogP contribution in [0.1, 0.15) is 42.5 Å². The smallest absolute Gasteiger partial charge is 0.00432 e. The number of thiol groups is 1. The van der Waals surface area contributed by atoms with E-state index in [1.54, 1.807) is 0 Å². The van der Waals surface area contributed by atoms with Gasteiger partial charge in [0.05, 0.1) is 0 Å². The quantitative estimate of drug-likeness (QED) is 0.589. The Morgan fingerprint density at radius 1 is 1.06 bits per heavy atom. The summed E-state index contributed by atoms with van der Waals surface area (Å²) in [4.78, 5) is 0. The Labute approximate surface area is 118 Å². The fraction of sp³-hybridized carbons (Fsp3) is 0.625. The van der Waals surface area contributed by atoms with E-state index in [2.05, 4.69) is 64.7 Å². The average molecular weight is 265 g/mol. The van der Waals surface area contributed by atoms with Gasteiger partial charge in [-0.15, -0.1) is 0 Å². The fourth-order valence-corrected chi connectivity index (χ4v) is 2.55. The Bertz CT molecular complexity index is 396. The second kappa shape index (κ2) is 6.63. The molecule has 1 aromatic rings. The van der Waals surface area contributed by atoms with Gasteiger partial charge in [-0.25, -0.2) is 0 Å². The van der Waals surface area contributed by atoms with Gasteiger partial charge in [-0.3, -0.25) is 0 Å². The second-order valence-electron chi connectivity index (χ2n) is 5.89. The number of nitrogens with one attached hydrogen (secondary N) is 1. The van der Waals surface area contributed by atoms with Crippen molar-refractivity contribution >= 4 is 12.6 Å². The third-order valence-corrected chi connectivity index (χ3v) is 3.96. The van der Waals surface area contributed by atoms with Gasteiger partial charge >= 0.3 is 0 Å². The number of aryl methyl sites for hydroxylation is 3. The minimum absolute atomic E-state index is 0.180. The van der Waals surface area contributed by atoms with Crippen LogP contribution in [-0.4, -0.2) is 18.8 Å². The van der Waals surface area contributed by atoms with Crippen molar-refractivity contribution in [3.05, 3.63) is 34.4 Å². The molecular formula is C16H27NS. The van der Waals surface area contributed by atoms with Gasteiger partial charge in [0.25, 0.3) is 0 Å². The summed E-state index contributed by atoms with van der Waals surface area (Å²) in [5, 5.41) is 3.54. The van der Waals surface area contributed by atoms with Crippen LogP contribution in [0, 0.1) is 20.8 Å². The van der Waals surface area contributed by atoms with Gasteiger partial charge in [0.1, 0.15) is 0 Å². The highest BCUT2D eigenvalue weighted by Crippen LogP contribution is 2.28. The van der Waals surface area contributed by atoms with E-state index in [9.17, 15) is 0 Å². The van der Waals surface area contributed by atoms with Crippen molar-refractivity contribution in [1.29, 1.82) is 0 Å². The van der Waals surface area contributed by atoms with Crippen molar-refractivity contribution in [2.24, 2.45) is 0 Å². The van der Waals surface area contributed by atoms with Crippen LogP contribution < -0.4 is 5.32 Å². The van der Waals surface area contributed by atoms with Crippen molar-refractivity contribution in [2.45, 2.75) is 46.5 Å². The van der Waals surface area contributed by atoms with Gasteiger partial charge in [0, 0.05) is 12.0 Å². The average Bonchev–Trinajstić information content (AvgIpc) is 2.29. The molecule has 0 aliphatic heterocycles. The lowest BCUT2D eigenvalue weighted by Crippen LogP contribution is -2.34. The normalized spacial score (nSPS) is 11.9. The molecule has 0 aliphatic carbocycles. The van der Waals surface area contributed by atoms with Crippen LogP contribution in [0.25, 0.3) is 0 Å². The molecule has 102 valence electrons. The van der Waals surface area contributed by atoms with Crippen molar-refractivity contribution in [2.75, 3.05) is 18.8 Å². The first-order valence-electron chi connectivity index (χ1n) is 6.78. The zero-order valence-electron chi connectivity index (χ0n) is 12.4. The lowest BCUT2D eigenvalue weighted by molar-refractivity contribution is 0.468. The standard InChI is InChI=1S/C16H27NS/c1-12-9-14(3)15(10-13(12)2)16(4,5)11-17-7-6-8-18/h9-10,17-18H,6-8,11H2,1-5H3. The zero-order valence-corrected chi connectivity index (χ0v) is 13.3. The molecule has 18 heavy (non-hydrogen) atoms. The summed E-state index contributed by atoms with van der Waals surface area (Å²) < 4.78 is 0. The Kier molecular flexibility index (Phi) is 5.74. The maximum Gasteiger partial charge on any atom is 0.00432 e. The molecule has 1 N–H and O–H groups in total. The second-order valence-corrected chi connectivity index (χ2v) is 6.34. The Balaban J connectivity index is 2.80. The SMILES string of the molecule is Cc1cc(C)c(C(C)(C)CNCCCS)cc1C. The van der Waals surface area contributed by atoms with Gasteiger partial charge in [-0.2, -0.15) is 12.6 Å². The van der Waals surface area contributed by atoms with E-state index in [0.29, 0.717) is 0 Å². The molecule has 0 atom stereocenters. The molecule has 0 aliphatic rings. The molecule has 0 aromatic heterocycles. The number of hydrogen-bond acceptors (Lipinski definition) is 2. The molecule has 0 saturated heterocycles. The molecule has 0 heterocycles. The summed E-state index contributed by atoms with van der Waals surface area (Å²) in [5.74, 6) is 0.954. The lowest BCUT2D eigenvalue weighted by atomic mass is 9.80. The highest BCUT2D eigenvalue weighted by atomic mass is 32.1. The molecule has 1 aromatic carbocycles. The first-order valence-corrected chi connectivity index (χ1v) is 7.41. The highest BCUT2D eigenvalue weighted by Gasteiger charge is 2.22. The summed E-state index contributed by atoms with van der Waals surface area (Å²) in [6.07, 6.45) is 1.13. The monoisotopic (exact) mass is 265 g/mol. The Morgan fingerprint density at radius 2 is 1.67 bits per heavy atom. The first kappa shape index (κ1) is 15.6. The van der Waals surface area contributed by atoms with Crippen LogP contribution in [0.3, 0.4) is 0 Å². The van der Waals surface area contributed by atoms with E-state index in [1.165, 1.54) is 22.3 Å². The maximum absolute atomic E-state index is 4.24. The molecule has 2 heteroatoms. The number of rotatable bonds is 6. The minimum atomic E-state index is 0.180. The third-order valence-electron chi connectivity index (χ3n) is 3.65. The van der Waals surface area contributed by atoms with Gasteiger partial charge in [0.15, 0.2) is 0 Å². The van der Waals surface area contributed by atoms with E-state index in [-0.39, 0.29) is 5.41 Å². The molecule has 0 saturated carbocycles. The molecule has 0 bridgehead atoms. The van der Waals surface area contributed by atoms with Gasteiger partial charge in [-0.05, 0) is 61.7 Å². The van der Waals surface area contributed by atoms with Gasteiger partial charge in [0.2, 0.25) is 0 Å². The molecule has 0 fully saturated rings. The predicted molar refractivity (Wildman–Crippen MR) is 85.0 cm³/mol. The summed E-state index contributed by atoms with van der Waals surface area (Å²) in [6.45, 7) is 13.3. The van der Waals surface area contributed by atoms with Crippen LogP contribution in [0.15, 0.2) is 12.1 Å². The van der Waals surface area contributed by atoms with Crippen LogP contribution >= 0.6 is 12.6 Å². The zero-order chi connectivity index (χ0) is 13.8. The summed E-state index contributed by atoms with van der Waals surface area (Å²) in [6, 6.07) is 4.66. The van der Waals surface area contributed by atoms with Crippen molar-refractivity contribution in [1.82, 2.24) is 5.32 Å². The van der Waals surface area contributed by atoms with Gasteiger partial charge in [-0.1, -0.05) is 26.0 Å². The minimum Gasteiger partial charge on any atom is -0.316 e. The topological polar surface area (TPSA) is 12.0 Å². The maximum atomic E-state index is 4.24. The lowest BCUT2D eigenvalue weighted by Gasteiger charge is -2.28. The summed E-state index contributed by atoms with van der Waals surface area (Å²) in [7, 11) is 0. The van der Waals surface area contributed by atoms with E-state index in [4.69, 9.17) is 0 Å². The number of hydrogen-bond donors (Lipinski definition) is 2. The van der Waals surface area contributed by atoms with Gasteiger partial charge < -0.3 is 5.32 Å². The fourth-order valence-electron chi connectivity index (χ4n) is 2.39. The van der Waals surface area contributed by atoms with Crippen molar-refractivity contribution < 1.29 is 0 Å². The summed E-state index contributed by atoms with van der Waals surface area (Å²) in [5.41, 5.74) is 5.82. The number of benzene rings is 1. The Morgan fingerprint density at radius 3 is 2.28 bits per heavy atom. The molecule has 1 nitrogen and oxygen atoms in total. The van der Waals surface area contributed by atoms with Crippen LogP contribution in [0.5, 0.6) is 0 Å². The van der Waals surface area contributed by atoms with Crippen molar-refractivity contribution in [3.8, 4) is 0 Å². The molecular weight excluding hydrogens is 238 g/mol. The van der Waals surface area contributed by atoms with Crippen LogP contribution in [0.2, 0.25) is 0 Å². The molecule has 0 unspecified atom stereocenters. The third kappa shape index (κ3) is 4.03. The van der Waals surface area contributed by atoms with E-state index >= 15 is 0 Å². The largest absolute Gasteiger partial charge is 0.316 e. The molecule has 0 spiro atoms. The predicted octanol–water partition coefficient (Wildman–Crippen LogP) is 3.80. The molecule has 0 radical (unpaired) electrons. The highest BCUT2D eigenvalue weighted by molar-refractivity contribution is 7.80. The summed E-state index contributed by atoms with van der Waals surface area (Å²) >= 11 is 4.24. The van der Waals surface area contributed by atoms with Crippen LogP contribution in [-0.2, 0) is 5.41 Å². The Hall–Kier alpha value is -0.470.